The molecule has 1 N–H and O–H groups in total. The summed E-state index contributed by atoms with van der Waals surface area (Å²) in [6.07, 6.45) is -3.67. The van der Waals surface area contributed by atoms with Gasteiger partial charge in [-0.05, 0) is 32.4 Å². The maximum atomic E-state index is 11.8. The van der Waals surface area contributed by atoms with Crippen LogP contribution in [0.15, 0.2) is 24.3 Å². The number of hydrogen-bond acceptors (Lipinski definition) is 2. The van der Waals surface area contributed by atoms with Gasteiger partial charge in [-0.25, -0.2) is 0 Å². The molecule has 108 valence electrons. The third-order valence-corrected chi connectivity index (χ3v) is 2.76. The quantitative estimate of drug-likeness (QED) is 0.767. The van der Waals surface area contributed by atoms with Crippen LogP contribution in [0.2, 0.25) is 0 Å². The predicted octanol–water partition coefficient (Wildman–Crippen LogP) is 3.61. The molecule has 0 aromatic heterocycles. The number of aryl methyl sites for hydroxylation is 1. The van der Waals surface area contributed by atoms with Crippen molar-refractivity contribution >= 4 is 0 Å². The first-order chi connectivity index (χ1) is 8.88. The van der Waals surface area contributed by atoms with Gasteiger partial charge in [0.2, 0.25) is 0 Å². The molecule has 1 rings (SSSR count). The summed E-state index contributed by atoms with van der Waals surface area (Å²) in [7, 11) is 0. The monoisotopic (exact) mass is 275 g/mol. The van der Waals surface area contributed by atoms with Gasteiger partial charge in [0.25, 0.3) is 0 Å². The van der Waals surface area contributed by atoms with Crippen molar-refractivity contribution in [2.75, 3.05) is 19.8 Å². The molecule has 0 fully saturated rings. The molecule has 0 radical (unpaired) electrons. The van der Waals surface area contributed by atoms with Gasteiger partial charge in [0.15, 0.2) is 0 Å². The van der Waals surface area contributed by atoms with E-state index in [0.717, 1.165) is 0 Å². The van der Waals surface area contributed by atoms with Crippen molar-refractivity contribution in [2.24, 2.45) is 0 Å². The highest BCUT2D eigenvalue weighted by atomic mass is 19.4. The van der Waals surface area contributed by atoms with E-state index in [-0.39, 0.29) is 12.6 Å². The lowest BCUT2D eigenvalue weighted by molar-refractivity contribution is -0.173. The lowest BCUT2D eigenvalue weighted by atomic mass is 10.1. The van der Waals surface area contributed by atoms with Crippen LogP contribution in [-0.2, 0) is 4.74 Å². The van der Waals surface area contributed by atoms with Crippen molar-refractivity contribution in [3.63, 3.8) is 0 Å². The van der Waals surface area contributed by atoms with Gasteiger partial charge >= 0.3 is 6.18 Å². The van der Waals surface area contributed by atoms with Gasteiger partial charge in [-0.1, -0.05) is 29.8 Å². The van der Waals surface area contributed by atoms with Crippen molar-refractivity contribution in [2.45, 2.75) is 32.5 Å². The van der Waals surface area contributed by atoms with Crippen LogP contribution < -0.4 is 5.32 Å². The molecule has 0 unspecified atom stereocenters. The normalized spacial score (nSPS) is 13.5. The lowest BCUT2D eigenvalue weighted by Gasteiger charge is -2.14. The average Bonchev–Trinajstić information content (AvgIpc) is 2.33. The molecule has 0 spiro atoms. The third kappa shape index (κ3) is 7.18. The van der Waals surface area contributed by atoms with E-state index in [1.165, 1.54) is 11.1 Å². The molecular formula is C14H20F3NO. The molecule has 5 heteroatoms. The van der Waals surface area contributed by atoms with E-state index < -0.39 is 12.8 Å². The van der Waals surface area contributed by atoms with Gasteiger partial charge in [0.1, 0.15) is 6.61 Å². The zero-order chi connectivity index (χ0) is 14.3. The Balaban J connectivity index is 2.14. The fourth-order valence-corrected chi connectivity index (χ4v) is 1.65. The van der Waals surface area contributed by atoms with Crippen LogP contribution >= 0.6 is 0 Å². The highest BCUT2D eigenvalue weighted by Gasteiger charge is 2.27. The standard InChI is InChI=1S/C14H20F3NO/c1-11-4-6-13(7-5-11)12(2)18-8-3-9-19-10-14(15,16)17/h4-7,12,18H,3,8-10H2,1-2H3/t12-/m1/s1. The summed E-state index contributed by atoms with van der Waals surface area (Å²) < 4.78 is 40.0. The van der Waals surface area contributed by atoms with Crippen LogP contribution in [0.1, 0.15) is 30.5 Å². The molecule has 0 saturated carbocycles. The van der Waals surface area contributed by atoms with Crippen LogP contribution in [0.25, 0.3) is 0 Å². The van der Waals surface area contributed by atoms with Crippen molar-refractivity contribution in [1.82, 2.24) is 5.32 Å². The Hall–Kier alpha value is -1.07. The number of nitrogens with one attached hydrogen (secondary N) is 1. The minimum Gasteiger partial charge on any atom is -0.372 e. The Morgan fingerprint density at radius 3 is 2.42 bits per heavy atom. The Labute approximate surface area is 112 Å². The molecule has 0 saturated heterocycles. The summed E-state index contributed by atoms with van der Waals surface area (Å²) in [5.74, 6) is 0. The van der Waals surface area contributed by atoms with Crippen molar-refractivity contribution in [1.29, 1.82) is 0 Å². The van der Waals surface area contributed by atoms with Gasteiger partial charge in [-0.2, -0.15) is 13.2 Å². The fraction of sp³-hybridized carbons (Fsp3) is 0.571. The molecule has 1 aromatic carbocycles. The summed E-state index contributed by atoms with van der Waals surface area (Å²) >= 11 is 0. The van der Waals surface area contributed by atoms with E-state index in [2.05, 4.69) is 10.1 Å². The maximum Gasteiger partial charge on any atom is 0.411 e. The number of halogens is 3. The molecular weight excluding hydrogens is 255 g/mol. The summed E-state index contributed by atoms with van der Waals surface area (Å²) in [5, 5.41) is 3.25. The van der Waals surface area contributed by atoms with Gasteiger partial charge in [-0.15, -0.1) is 0 Å². The van der Waals surface area contributed by atoms with Crippen molar-refractivity contribution in [3.05, 3.63) is 35.4 Å². The zero-order valence-electron chi connectivity index (χ0n) is 11.3. The van der Waals surface area contributed by atoms with Crippen molar-refractivity contribution < 1.29 is 17.9 Å². The van der Waals surface area contributed by atoms with Gasteiger partial charge in [0, 0.05) is 12.6 Å². The summed E-state index contributed by atoms with van der Waals surface area (Å²) in [4.78, 5) is 0. The molecule has 19 heavy (non-hydrogen) atoms. The Bertz CT molecular complexity index is 362. The van der Waals surface area contributed by atoms with Gasteiger partial charge < -0.3 is 10.1 Å². The lowest BCUT2D eigenvalue weighted by Crippen LogP contribution is -2.22. The van der Waals surface area contributed by atoms with Gasteiger partial charge in [-0.3, -0.25) is 0 Å². The highest BCUT2D eigenvalue weighted by molar-refractivity contribution is 5.23. The molecule has 0 aliphatic rings. The summed E-state index contributed by atoms with van der Waals surface area (Å²) in [6.45, 7) is 3.64. The van der Waals surface area contributed by atoms with E-state index in [4.69, 9.17) is 0 Å². The number of ether oxygens (including phenoxy) is 1. The van der Waals surface area contributed by atoms with Crippen LogP contribution in [-0.4, -0.2) is 25.9 Å². The Morgan fingerprint density at radius 1 is 1.21 bits per heavy atom. The first kappa shape index (κ1) is 16.0. The van der Waals surface area contributed by atoms with Crippen LogP contribution in [0.3, 0.4) is 0 Å². The maximum absolute atomic E-state index is 11.8. The first-order valence-electron chi connectivity index (χ1n) is 6.33. The molecule has 0 bridgehead atoms. The minimum absolute atomic E-state index is 0.118. The SMILES string of the molecule is Cc1ccc([C@@H](C)NCCCOCC(F)(F)F)cc1. The van der Waals surface area contributed by atoms with Gasteiger partial charge in [0.05, 0.1) is 0 Å². The molecule has 0 amide bonds. The number of benzene rings is 1. The molecule has 1 aromatic rings. The zero-order valence-corrected chi connectivity index (χ0v) is 11.3. The average molecular weight is 275 g/mol. The second-order valence-corrected chi connectivity index (χ2v) is 4.61. The van der Waals surface area contributed by atoms with E-state index in [1.807, 2.05) is 38.1 Å². The fourth-order valence-electron chi connectivity index (χ4n) is 1.65. The van der Waals surface area contributed by atoms with Crippen LogP contribution in [0, 0.1) is 6.92 Å². The van der Waals surface area contributed by atoms with E-state index in [0.29, 0.717) is 13.0 Å². The molecule has 0 aliphatic heterocycles. The number of hydrogen-bond donors (Lipinski definition) is 1. The van der Waals surface area contributed by atoms with E-state index in [9.17, 15) is 13.2 Å². The summed E-state index contributed by atoms with van der Waals surface area (Å²) in [5.41, 5.74) is 2.37. The first-order valence-corrected chi connectivity index (χ1v) is 6.33. The van der Waals surface area contributed by atoms with Crippen molar-refractivity contribution in [3.8, 4) is 0 Å². The molecule has 2 nitrogen and oxygen atoms in total. The third-order valence-electron chi connectivity index (χ3n) is 2.76. The smallest absolute Gasteiger partial charge is 0.372 e. The topological polar surface area (TPSA) is 21.3 Å². The predicted molar refractivity (Wildman–Crippen MR) is 69.1 cm³/mol. The second kappa shape index (κ2) is 7.50. The Morgan fingerprint density at radius 2 is 1.84 bits per heavy atom. The minimum atomic E-state index is -4.23. The molecule has 0 aliphatic carbocycles. The number of rotatable bonds is 7. The largest absolute Gasteiger partial charge is 0.411 e. The highest BCUT2D eigenvalue weighted by Crippen LogP contribution is 2.15. The molecule has 1 atom stereocenters. The van der Waals surface area contributed by atoms with E-state index in [1.54, 1.807) is 0 Å². The van der Waals surface area contributed by atoms with Crippen LogP contribution in [0.4, 0.5) is 13.2 Å². The Kier molecular flexibility index (Phi) is 6.31. The van der Waals surface area contributed by atoms with Crippen LogP contribution in [0.5, 0.6) is 0 Å². The van der Waals surface area contributed by atoms with E-state index >= 15 is 0 Å². The second-order valence-electron chi connectivity index (χ2n) is 4.61. The number of alkyl halides is 3. The summed E-state index contributed by atoms with van der Waals surface area (Å²) in [6, 6.07) is 8.36. The molecule has 0 heterocycles.